The predicted molar refractivity (Wildman–Crippen MR) is 86.3 cm³/mol. The summed E-state index contributed by atoms with van der Waals surface area (Å²) in [5.41, 5.74) is 3.67. The average Bonchev–Trinajstić information content (AvgIpc) is 2.82. The van der Waals surface area contributed by atoms with Crippen LogP contribution < -0.4 is 5.32 Å². The van der Waals surface area contributed by atoms with Crippen LogP contribution in [0, 0.1) is 13.8 Å². The van der Waals surface area contributed by atoms with Crippen molar-refractivity contribution >= 4 is 44.2 Å². The van der Waals surface area contributed by atoms with Crippen LogP contribution in [0.3, 0.4) is 0 Å². The maximum Gasteiger partial charge on any atom is 0.259 e. The van der Waals surface area contributed by atoms with Crippen LogP contribution in [-0.2, 0) is 0 Å². The zero-order chi connectivity index (χ0) is 15.0. The molecule has 6 heteroatoms. The number of benzene rings is 1. The Morgan fingerprint density at radius 3 is 2.81 bits per heavy atom. The van der Waals surface area contributed by atoms with Gasteiger partial charge in [-0.15, -0.1) is 0 Å². The third kappa shape index (κ3) is 2.89. The number of hydrogen-bond donors (Lipinski definition) is 1. The topological polar surface area (TPSA) is 54.9 Å². The number of halogens is 1. The van der Waals surface area contributed by atoms with Gasteiger partial charge in [0.15, 0.2) is 5.13 Å². The average molecular weight is 318 g/mol. The largest absolute Gasteiger partial charge is 0.298 e. The van der Waals surface area contributed by atoms with E-state index in [2.05, 4.69) is 27.4 Å². The molecule has 1 N–H and O–H groups in total. The van der Waals surface area contributed by atoms with Gasteiger partial charge in [-0.05, 0) is 43.2 Å². The number of hydrogen-bond acceptors (Lipinski definition) is 4. The van der Waals surface area contributed by atoms with Crippen molar-refractivity contribution in [1.29, 1.82) is 0 Å². The van der Waals surface area contributed by atoms with Crippen LogP contribution in [0.2, 0.25) is 5.15 Å². The number of amides is 1. The minimum Gasteiger partial charge on any atom is -0.298 e. The molecule has 0 saturated heterocycles. The number of rotatable bonds is 2. The Bertz CT molecular complexity index is 827. The van der Waals surface area contributed by atoms with Gasteiger partial charge in [-0.25, -0.2) is 9.97 Å². The van der Waals surface area contributed by atoms with E-state index in [-0.39, 0.29) is 5.91 Å². The van der Waals surface area contributed by atoms with E-state index in [1.165, 1.54) is 23.1 Å². The third-order valence-electron chi connectivity index (χ3n) is 3.04. The number of carbonyl (C=O) groups excluding carboxylic acids is 1. The van der Waals surface area contributed by atoms with Gasteiger partial charge in [-0.1, -0.05) is 29.0 Å². The van der Waals surface area contributed by atoms with Gasteiger partial charge >= 0.3 is 0 Å². The molecule has 0 spiro atoms. The number of carbonyl (C=O) groups is 1. The monoisotopic (exact) mass is 317 g/mol. The molecule has 2 heterocycles. The summed E-state index contributed by atoms with van der Waals surface area (Å²) in [4.78, 5) is 20.5. The van der Waals surface area contributed by atoms with E-state index < -0.39 is 0 Å². The van der Waals surface area contributed by atoms with Crippen molar-refractivity contribution in [1.82, 2.24) is 9.97 Å². The minimum absolute atomic E-state index is 0.243. The van der Waals surface area contributed by atoms with Gasteiger partial charge in [0.05, 0.1) is 15.8 Å². The Morgan fingerprint density at radius 2 is 2.10 bits per heavy atom. The van der Waals surface area contributed by atoms with Crippen LogP contribution in [0.5, 0.6) is 0 Å². The molecule has 1 amide bonds. The Kier molecular flexibility index (Phi) is 3.61. The molecule has 0 aliphatic rings. The minimum atomic E-state index is -0.243. The summed E-state index contributed by atoms with van der Waals surface area (Å²) < 4.78 is 1.07. The summed E-state index contributed by atoms with van der Waals surface area (Å²) in [6, 6.07) is 7.37. The first-order valence-corrected chi connectivity index (χ1v) is 7.53. The molecule has 0 bridgehead atoms. The quantitative estimate of drug-likeness (QED) is 0.720. The maximum absolute atomic E-state index is 12.1. The Labute approximate surface area is 130 Å². The Balaban J connectivity index is 1.89. The van der Waals surface area contributed by atoms with E-state index in [0.29, 0.717) is 15.8 Å². The summed E-state index contributed by atoms with van der Waals surface area (Å²) in [5, 5.41) is 3.74. The van der Waals surface area contributed by atoms with E-state index in [1.807, 2.05) is 13.8 Å². The molecule has 3 aromatic rings. The predicted octanol–water partition coefficient (Wildman–Crippen LogP) is 4.21. The molecule has 4 nitrogen and oxygen atoms in total. The fourth-order valence-corrected chi connectivity index (χ4v) is 3.25. The lowest BCUT2D eigenvalue weighted by atomic mass is 10.1. The van der Waals surface area contributed by atoms with Crippen LogP contribution in [0.25, 0.3) is 10.2 Å². The lowest BCUT2D eigenvalue weighted by Crippen LogP contribution is -2.11. The molecule has 0 fully saturated rings. The van der Waals surface area contributed by atoms with E-state index in [4.69, 9.17) is 11.6 Å². The lowest BCUT2D eigenvalue weighted by molar-refractivity contribution is 0.102. The molecular weight excluding hydrogens is 306 g/mol. The van der Waals surface area contributed by atoms with Gasteiger partial charge in [0.25, 0.3) is 5.91 Å². The van der Waals surface area contributed by atoms with Crippen LogP contribution in [0.4, 0.5) is 5.13 Å². The number of aryl methyl sites for hydroxylation is 2. The van der Waals surface area contributed by atoms with E-state index in [1.54, 1.807) is 12.1 Å². The first-order chi connectivity index (χ1) is 10.0. The summed E-state index contributed by atoms with van der Waals surface area (Å²) >= 11 is 7.17. The van der Waals surface area contributed by atoms with E-state index in [9.17, 15) is 4.79 Å². The molecule has 3 rings (SSSR count). The van der Waals surface area contributed by atoms with Gasteiger partial charge in [0, 0.05) is 6.20 Å². The number of nitrogens with one attached hydrogen (secondary N) is 1. The van der Waals surface area contributed by atoms with Gasteiger partial charge < -0.3 is 0 Å². The lowest BCUT2D eigenvalue weighted by Gasteiger charge is -2.00. The van der Waals surface area contributed by atoms with Crippen LogP contribution >= 0.6 is 22.9 Å². The van der Waals surface area contributed by atoms with E-state index in [0.717, 1.165) is 15.8 Å². The van der Waals surface area contributed by atoms with Crippen molar-refractivity contribution < 1.29 is 4.79 Å². The van der Waals surface area contributed by atoms with Gasteiger partial charge in [-0.3, -0.25) is 10.1 Å². The maximum atomic E-state index is 12.1. The number of nitrogens with zero attached hydrogens (tertiary/aromatic N) is 2. The fraction of sp³-hybridized carbons (Fsp3) is 0.133. The summed E-state index contributed by atoms with van der Waals surface area (Å²) in [6.45, 7) is 4.06. The molecule has 106 valence electrons. The number of thiazole rings is 1. The van der Waals surface area contributed by atoms with Crippen LogP contribution in [0.1, 0.15) is 21.5 Å². The smallest absolute Gasteiger partial charge is 0.259 e. The highest BCUT2D eigenvalue weighted by molar-refractivity contribution is 7.22. The third-order valence-corrected chi connectivity index (χ3v) is 4.18. The van der Waals surface area contributed by atoms with Crippen molar-refractivity contribution in [3.63, 3.8) is 0 Å². The summed E-state index contributed by atoms with van der Waals surface area (Å²) in [7, 11) is 0. The standard InChI is InChI=1S/C15H12ClN3OS/c1-8-5-9(2)13-11(6-8)21-15(18-13)19-14(20)10-3-4-12(16)17-7-10/h3-7H,1-2H3,(H,18,19,20). The normalized spacial score (nSPS) is 10.8. The highest BCUT2D eigenvalue weighted by atomic mass is 35.5. The zero-order valence-electron chi connectivity index (χ0n) is 11.5. The SMILES string of the molecule is Cc1cc(C)c2nc(NC(=O)c3ccc(Cl)nc3)sc2c1. The Morgan fingerprint density at radius 1 is 1.29 bits per heavy atom. The molecular formula is C15H12ClN3OS. The molecule has 0 unspecified atom stereocenters. The van der Waals surface area contributed by atoms with Crippen LogP contribution in [0.15, 0.2) is 30.5 Å². The van der Waals surface area contributed by atoms with Crippen LogP contribution in [-0.4, -0.2) is 15.9 Å². The molecule has 0 atom stereocenters. The van der Waals surface area contributed by atoms with Gasteiger partial charge in [-0.2, -0.15) is 0 Å². The molecule has 2 aromatic heterocycles. The molecule has 21 heavy (non-hydrogen) atoms. The van der Waals surface area contributed by atoms with Crippen molar-refractivity contribution in [3.05, 3.63) is 52.3 Å². The highest BCUT2D eigenvalue weighted by Crippen LogP contribution is 2.29. The highest BCUT2D eigenvalue weighted by Gasteiger charge is 2.11. The molecule has 0 radical (unpaired) electrons. The first-order valence-electron chi connectivity index (χ1n) is 6.33. The number of anilines is 1. The first kappa shape index (κ1) is 14.0. The second kappa shape index (κ2) is 5.42. The summed E-state index contributed by atoms with van der Waals surface area (Å²) in [6.07, 6.45) is 1.44. The molecule has 1 aromatic carbocycles. The number of aromatic nitrogens is 2. The Hall–Kier alpha value is -1.98. The second-order valence-corrected chi connectivity index (χ2v) is 6.19. The second-order valence-electron chi connectivity index (χ2n) is 4.77. The van der Waals surface area contributed by atoms with E-state index >= 15 is 0 Å². The zero-order valence-corrected chi connectivity index (χ0v) is 13.0. The van der Waals surface area contributed by atoms with Crippen molar-refractivity contribution in [2.45, 2.75) is 13.8 Å². The van der Waals surface area contributed by atoms with Crippen molar-refractivity contribution in [3.8, 4) is 0 Å². The summed E-state index contributed by atoms with van der Waals surface area (Å²) in [5.74, 6) is -0.243. The number of pyridine rings is 1. The molecule has 0 aliphatic heterocycles. The van der Waals surface area contributed by atoms with Crippen molar-refractivity contribution in [2.75, 3.05) is 5.32 Å². The van der Waals surface area contributed by atoms with Crippen molar-refractivity contribution in [2.24, 2.45) is 0 Å². The van der Waals surface area contributed by atoms with Gasteiger partial charge in [0.1, 0.15) is 5.15 Å². The molecule has 0 saturated carbocycles. The molecule has 0 aliphatic carbocycles. The fourth-order valence-electron chi connectivity index (χ4n) is 2.10. The number of fused-ring (bicyclic) bond motifs is 1. The van der Waals surface area contributed by atoms with Gasteiger partial charge in [0.2, 0.25) is 0 Å².